The molecule has 0 atom stereocenters. The third-order valence-electron chi connectivity index (χ3n) is 7.77. The number of rotatable bonds is 9. The topological polar surface area (TPSA) is 103 Å². The third kappa shape index (κ3) is 7.66. The zero-order chi connectivity index (χ0) is 30.6. The number of aromatic nitrogens is 2. The molecule has 0 saturated carbocycles. The van der Waals surface area contributed by atoms with E-state index in [1.165, 1.54) is 0 Å². The van der Waals surface area contributed by atoms with E-state index in [0.717, 1.165) is 54.5 Å². The molecular formula is C32H33F3N6O2. The summed E-state index contributed by atoms with van der Waals surface area (Å²) < 4.78 is 39.0. The average molecular weight is 591 g/mol. The van der Waals surface area contributed by atoms with Crippen LogP contribution in [-0.4, -0.2) is 64.8 Å². The van der Waals surface area contributed by atoms with E-state index in [-0.39, 0.29) is 11.5 Å². The van der Waals surface area contributed by atoms with Crippen molar-refractivity contribution in [3.05, 3.63) is 78.6 Å². The van der Waals surface area contributed by atoms with Crippen molar-refractivity contribution in [1.82, 2.24) is 19.8 Å². The Morgan fingerprint density at radius 3 is 2.44 bits per heavy atom. The number of piperidine rings is 1. The number of benzene rings is 3. The van der Waals surface area contributed by atoms with Gasteiger partial charge in [-0.3, -0.25) is 9.36 Å². The van der Waals surface area contributed by atoms with Crippen molar-refractivity contribution >= 4 is 34.2 Å². The Kier molecular flexibility index (Phi) is 8.91. The van der Waals surface area contributed by atoms with Crippen molar-refractivity contribution < 1.29 is 22.8 Å². The van der Waals surface area contributed by atoms with E-state index in [9.17, 15) is 22.8 Å². The van der Waals surface area contributed by atoms with Crippen LogP contribution in [0.1, 0.15) is 36.0 Å². The number of carbonyl (C=O) groups excluding carboxylic acids is 2. The second-order valence-corrected chi connectivity index (χ2v) is 11.0. The second-order valence-electron chi connectivity index (χ2n) is 11.0. The summed E-state index contributed by atoms with van der Waals surface area (Å²) in [4.78, 5) is 31.6. The monoisotopic (exact) mass is 590 g/mol. The van der Waals surface area contributed by atoms with Crippen molar-refractivity contribution in [2.45, 2.75) is 31.9 Å². The lowest BCUT2D eigenvalue weighted by Gasteiger charge is -2.28. The van der Waals surface area contributed by atoms with Crippen LogP contribution in [0.3, 0.4) is 0 Å². The summed E-state index contributed by atoms with van der Waals surface area (Å²) in [6.45, 7) is 0.719. The number of hydrogen-bond donors (Lipinski definition) is 3. The fourth-order valence-corrected chi connectivity index (χ4v) is 5.29. The van der Waals surface area contributed by atoms with Gasteiger partial charge in [-0.05, 0) is 93.2 Å². The van der Waals surface area contributed by atoms with Gasteiger partial charge in [-0.25, -0.2) is 9.78 Å². The highest BCUT2D eigenvalue weighted by atomic mass is 19.4. The molecule has 2 heterocycles. The number of nitrogens with one attached hydrogen (secondary N) is 3. The number of alkyl halides is 3. The highest BCUT2D eigenvalue weighted by Gasteiger charge is 2.27. The van der Waals surface area contributed by atoms with E-state index in [1.807, 2.05) is 34.9 Å². The molecule has 1 aromatic heterocycles. The highest BCUT2D eigenvalue weighted by molar-refractivity contribution is 6.44. The number of imidazole rings is 1. The molecule has 0 radical (unpaired) electrons. The Morgan fingerprint density at radius 2 is 1.72 bits per heavy atom. The molecule has 3 aromatic carbocycles. The summed E-state index contributed by atoms with van der Waals surface area (Å²) in [5.74, 6) is 0.340. The van der Waals surface area contributed by atoms with E-state index >= 15 is 0 Å². The first-order valence-corrected chi connectivity index (χ1v) is 14.2. The van der Waals surface area contributed by atoms with Gasteiger partial charge in [0.25, 0.3) is 0 Å². The lowest BCUT2D eigenvalue weighted by Crippen LogP contribution is -2.36. The quantitative estimate of drug-likeness (QED) is 0.149. The number of fused-ring (bicyclic) bond motifs is 1. The minimum Gasteiger partial charge on any atom is -0.329 e. The summed E-state index contributed by atoms with van der Waals surface area (Å²) >= 11 is 0. The molecule has 1 aliphatic heterocycles. The average Bonchev–Trinajstić information content (AvgIpc) is 3.43. The van der Waals surface area contributed by atoms with Gasteiger partial charge in [-0.1, -0.05) is 36.4 Å². The number of anilines is 1. The molecule has 1 saturated heterocycles. The van der Waals surface area contributed by atoms with Gasteiger partial charge in [-0.2, -0.15) is 13.2 Å². The van der Waals surface area contributed by atoms with Gasteiger partial charge in [0.05, 0.1) is 16.7 Å². The molecule has 4 aromatic rings. The summed E-state index contributed by atoms with van der Waals surface area (Å²) in [7, 11) is 2.12. The smallest absolute Gasteiger partial charge is 0.329 e. The molecule has 224 valence electrons. The normalized spacial score (nSPS) is 14.5. The van der Waals surface area contributed by atoms with Crippen LogP contribution >= 0.6 is 0 Å². The fraction of sp³-hybridized carbons (Fsp3) is 0.312. The molecule has 0 unspecified atom stereocenters. The van der Waals surface area contributed by atoms with Crippen LogP contribution in [0.5, 0.6) is 0 Å². The number of Topliss-reactive ketones (excluding diaryl/α,β-unsaturated/α-hetero) is 1. The molecule has 1 fully saturated rings. The van der Waals surface area contributed by atoms with Gasteiger partial charge >= 0.3 is 12.2 Å². The van der Waals surface area contributed by atoms with E-state index in [2.05, 4.69) is 22.2 Å². The minimum absolute atomic E-state index is 0.153. The largest absolute Gasteiger partial charge is 0.405 e. The van der Waals surface area contributed by atoms with E-state index < -0.39 is 18.8 Å². The molecule has 2 amide bonds. The van der Waals surface area contributed by atoms with Gasteiger partial charge in [-0.15, -0.1) is 0 Å². The maximum Gasteiger partial charge on any atom is 0.405 e. The Balaban J connectivity index is 1.23. The number of amides is 2. The van der Waals surface area contributed by atoms with Crippen molar-refractivity contribution in [1.29, 1.82) is 5.41 Å². The van der Waals surface area contributed by atoms with Gasteiger partial charge in [0, 0.05) is 16.9 Å². The first-order valence-electron chi connectivity index (χ1n) is 14.2. The van der Waals surface area contributed by atoms with Crippen LogP contribution in [0.25, 0.3) is 27.8 Å². The van der Waals surface area contributed by atoms with Crippen molar-refractivity contribution in [2.24, 2.45) is 5.92 Å². The highest BCUT2D eigenvalue weighted by Crippen LogP contribution is 2.27. The summed E-state index contributed by atoms with van der Waals surface area (Å²) in [5, 5.41) is 12.5. The zero-order valence-corrected chi connectivity index (χ0v) is 23.7. The first-order chi connectivity index (χ1) is 20.6. The number of halogens is 3. The number of likely N-dealkylation sites (tertiary alicyclic amines) is 1. The first kappa shape index (κ1) is 30.0. The maximum atomic E-state index is 12.9. The van der Waals surface area contributed by atoms with Crippen LogP contribution in [0, 0.1) is 11.3 Å². The van der Waals surface area contributed by atoms with E-state index in [1.54, 1.807) is 48.0 Å². The molecule has 8 nitrogen and oxygen atoms in total. The lowest BCUT2D eigenvalue weighted by atomic mass is 9.90. The summed E-state index contributed by atoms with van der Waals surface area (Å²) in [5.41, 5.74) is 4.99. The van der Waals surface area contributed by atoms with Crippen molar-refractivity contribution in [2.75, 3.05) is 32.0 Å². The van der Waals surface area contributed by atoms with Gasteiger partial charge in [0.2, 0.25) is 5.78 Å². The fourth-order valence-electron chi connectivity index (χ4n) is 5.29. The molecule has 5 rings (SSSR count). The summed E-state index contributed by atoms with van der Waals surface area (Å²) in [6, 6.07) is 18.8. The van der Waals surface area contributed by atoms with Crippen LogP contribution in [0.4, 0.5) is 23.7 Å². The van der Waals surface area contributed by atoms with E-state index in [0.29, 0.717) is 29.3 Å². The molecule has 43 heavy (non-hydrogen) atoms. The Hall–Kier alpha value is -4.51. The Morgan fingerprint density at radius 1 is 1.00 bits per heavy atom. The molecule has 0 bridgehead atoms. The zero-order valence-electron chi connectivity index (χ0n) is 23.7. The number of nitrogens with zero attached hydrogens (tertiary/aromatic N) is 3. The van der Waals surface area contributed by atoms with Gasteiger partial charge in [0.15, 0.2) is 0 Å². The van der Waals surface area contributed by atoms with Crippen molar-refractivity contribution in [3.8, 4) is 16.8 Å². The Labute approximate surface area is 247 Å². The number of urea groups is 1. The molecule has 0 spiro atoms. The SMILES string of the molecule is CN1CCC(CCC(=N)C(=O)c2ccc(-c3ccc4c(c3)ncn4-c3cccc(NC(=O)NCC(F)(F)F)c3)cc2)CC1. The van der Waals surface area contributed by atoms with Gasteiger partial charge in [0.1, 0.15) is 12.9 Å². The van der Waals surface area contributed by atoms with Crippen molar-refractivity contribution in [3.63, 3.8) is 0 Å². The van der Waals surface area contributed by atoms with Crippen LogP contribution in [0.15, 0.2) is 73.1 Å². The molecule has 0 aliphatic carbocycles. The molecule has 3 N–H and O–H groups in total. The minimum atomic E-state index is -4.50. The number of carbonyl (C=O) groups is 2. The molecule has 1 aliphatic rings. The lowest BCUT2D eigenvalue weighted by molar-refractivity contribution is -0.122. The summed E-state index contributed by atoms with van der Waals surface area (Å²) in [6.07, 6.45) is 0.747. The van der Waals surface area contributed by atoms with Crippen LogP contribution < -0.4 is 10.6 Å². The predicted molar refractivity (Wildman–Crippen MR) is 161 cm³/mol. The van der Waals surface area contributed by atoms with E-state index in [4.69, 9.17) is 5.41 Å². The number of ketones is 1. The Bertz CT molecular complexity index is 1620. The standard InChI is InChI=1S/C32H33F3N6O2/c1-40-15-13-21(14-16-40)5-11-27(36)30(42)23-8-6-22(7-9-23)24-10-12-29-28(17-24)38-20-41(29)26-4-2-3-25(18-26)39-31(43)37-19-32(33,34)35/h2-4,6-10,12,17-18,20-21,36H,5,11,13-16,19H2,1H3,(H2,37,39,43). The van der Waals surface area contributed by atoms with Crippen LogP contribution in [-0.2, 0) is 0 Å². The second kappa shape index (κ2) is 12.8. The van der Waals surface area contributed by atoms with Crippen LogP contribution in [0.2, 0.25) is 0 Å². The maximum absolute atomic E-state index is 12.9. The molecule has 11 heteroatoms. The molecular weight excluding hydrogens is 557 g/mol. The number of hydrogen-bond acceptors (Lipinski definition) is 5. The third-order valence-corrected chi connectivity index (χ3v) is 7.77. The predicted octanol–water partition coefficient (Wildman–Crippen LogP) is 6.70. The van der Waals surface area contributed by atoms with Gasteiger partial charge < -0.3 is 20.9 Å².